The number of nitrogens with one attached hydrogen (secondary N) is 1. The molecule has 0 spiro atoms. The highest BCUT2D eigenvalue weighted by Gasteiger charge is 1.95. The van der Waals surface area contributed by atoms with Gasteiger partial charge in [0.05, 0.1) is 0 Å². The van der Waals surface area contributed by atoms with E-state index in [2.05, 4.69) is 42.7 Å². The highest BCUT2D eigenvalue weighted by molar-refractivity contribution is 5.49. The van der Waals surface area contributed by atoms with Crippen LogP contribution in [0.4, 0.5) is 0 Å². The Bertz CT molecular complexity index is 376. The maximum atomic E-state index is 3.23. The summed E-state index contributed by atoms with van der Waals surface area (Å²) in [6, 6.07) is 8.45. The van der Waals surface area contributed by atoms with E-state index in [0.29, 0.717) is 0 Å². The molecule has 1 nitrogen and oxygen atoms in total. The van der Waals surface area contributed by atoms with Gasteiger partial charge in [0.25, 0.3) is 0 Å². The number of fused-ring (bicyclic) bond motifs is 1. The zero-order chi connectivity index (χ0) is 7.68. The van der Waals surface area contributed by atoms with Crippen molar-refractivity contribution in [2.75, 3.05) is 6.54 Å². The van der Waals surface area contributed by atoms with E-state index in [0.717, 1.165) is 6.54 Å². The van der Waals surface area contributed by atoms with Crippen LogP contribution in [0.5, 0.6) is 0 Å². The fourth-order valence-electron chi connectivity index (χ4n) is 1.42. The summed E-state index contributed by atoms with van der Waals surface area (Å²) in [5, 5.41) is 5.91. The van der Waals surface area contributed by atoms with E-state index in [1.54, 1.807) is 0 Å². The molecule has 0 bridgehead atoms. The highest BCUT2D eigenvalue weighted by Crippen LogP contribution is 1.88. The maximum Gasteiger partial charge on any atom is 0.0361 e. The minimum Gasteiger partial charge on any atom is -0.387 e. The molecule has 1 heteroatoms. The van der Waals surface area contributed by atoms with Crippen LogP contribution in [0.15, 0.2) is 24.3 Å². The number of benzene rings is 1. The lowest BCUT2D eigenvalue weighted by atomic mass is 10.1. The first kappa shape index (κ1) is 6.47. The van der Waals surface area contributed by atoms with Gasteiger partial charge in [-0.1, -0.05) is 24.3 Å². The van der Waals surface area contributed by atoms with Crippen molar-refractivity contribution < 1.29 is 0 Å². The Morgan fingerprint density at radius 2 is 2.09 bits per heavy atom. The molecule has 0 unspecified atom stereocenters. The van der Waals surface area contributed by atoms with Gasteiger partial charge in [-0.2, -0.15) is 0 Å². The standard InChI is InChI=1S/C10H11N/c1-8-6-11-7-9-4-2-3-5-10(8)9/h2-5,7,11H,6H2,1H3. The largest absolute Gasteiger partial charge is 0.387 e. The maximum absolute atomic E-state index is 3.23. The summed E-state index contributed by atoms with van der Waals surface area (Å²) < 4.78 is 0. The van der Waals surface area contributed by atoms with Gasteiger partial charge in [0, 0.05) is 12.7 Å². The second kappa shape index (κ2) is 2.42. The van der Waals surface area contributed by atoms with Crippen molar-refractivity contribution in [2.24, 2.45) is 0 Å². The topological polar surface area (TPSA) is 12.0 Å². The van der Waals surface area contributed by atoms with Gasteiger partial charge in [0.2, 0.25) is 0 Å². The summed E-state index contributed by atoms with van der Waals surface area (Å²) in [5.74, 6) is 0. The van der Waals surface area contributed by atoms with Gasteiger partial charge in [-0.05, 0) is 22.9 Å². The Morgan fingerprint density at radius 3 is 2.91 bits per heavy atom. The van der Waals surface area contributed by atoms with Gasteiger partial charge in [-0.25, -0.2) is 0 Å². The first-order valence-corrected chi connectivity index (χ1v) is 3.86. The van der Waals surface area contributed by atoms with Crippen LogP contribution >= 0.6 is 0 Å². The molecule has 1 aromatic rings. The van der Waals surface area contributed by atoms with Crippen molar-refractivity contribution in [3.05, 3.63) is 34.7 Å². The van der Waals surface area contributed by atoms with E-state index < -0.39 is 0 Å². The van der Waals surface area contributed by atoms with Gasteiger partial charge in [0.15, 0.2) is 0 Å². The van der Waals surface area contributed by atoms with Crippen LogP contribution in [-0.4, -0.2) is 6.54 Å². The molecule has 1 heterocycles. The average Bonchev–Trinajstić information content (AvgIpc) is 2.06. The summed E-state index contributed by atoms with van der Waals surface area (Å²) >= 11 is 0. The second-order valence-electron chi connectivity index (χ2n) is 2.89. The molecule has 0 amide bonds. The molecule has 1 aromatic carbocycles. The first-order valence-electron chi connectivity index (χ1n) is 3.86. The van der Waals surface area contributed by atoms with E-state index >= 15 is 0 Å². The Balaban J connectivity index is 2.89. The van der Waals surface area contributed by atoms with Crippen LogP contribution in [0, 0.1) is 0 Å². The predicted molar refractivity (Wildman–Crippen MR) is 47.2 cm³/mol. The predicted octanol–water partition coefficient (Wildman–Crippen LogP) is 0.198. The van der Waals surface area contributed by atoms with E-state index in [4.69, 9.17) is 0 Å². The monoisotopic (exact) mass is 145 g/mol. The van der Waals surface area contributed by atoms with Crippen molar-refractivity contribution in [2.45, 2.75) is 6.92 Å². The molecule has 1 aliphatic heterocycles. The summed E-state index contributed by atoms with van der Waals surface area (Å²) in [6.07, 6.45) is 2.07. The van der Waals surface area contributed by atoms with Crippen LogP contribution in [0.25, 0.3) is 11.8 Å². The van der Waals surface area contributed by atoms with Gasteiger partial charge >= 0.3 is 0 Å². The number of rotatable bonds is 0. The van der Waals surface area contributed by atoms with Crippen LogP contribution in [0.1, 0.15) is 6.92 Å². The molecule has 0 aliphatic carbocycles. The quantitative estimate of drug-likeness (QED) is 0.550. The smallest absolute Gasteiger partial charge is 0.0361 e. The summed E-state index contributed by atoms with van der Waals surface area (Å²) in [4.78, 5) is 0. The third kappa shape index (κ3) is 1.03. The van der Waals surface area contributed by atoms with Crippen LogP contribution in [0.3, 0.4) is 0 Å². The van der Waals surface area contributed by atoms with Crippen LogP contribution in [0.2, 0.25) is 0 Å². The van der Waals surface area contributed by atoms with Gasteiger partial charge in [0.1, 0.15) is 0 Å². The molecule has 0 aromatic heterocycles. The molecule has 1 aliphatic rings. The van der Waals surface area contributed by atoms with Crippen LogP contribution in [-0.2, 0) is 0 Å². The number of hydrogen-bond acceptors (Lipinski definition) is 1. The van der Waals surface area contributed by atoms with Crippen molar-refractivity contribution in [3.8, 4) is 0 Å². The average molecular weight is 145 g/mol. The van der Waals surface area contributed by atoms with Gasteiger partial charge < -0.3 is 5.32 Å². The normalized spacial score (nSPS) is 14.8. The Kier molecular flexibility index (Phi) is 1.42. The lowest BCUT2D eigenvalue weighted by molar-refractivity contribution is 1.02. The third-order valence-corrected chi connectivity index (χ3v) is 2.05. The van der Waals surface area contributed by atoms with Crippen LogP contribution < -0.4 is 15.8 Å². The fraction of sp³-hybridized carbons (Fsp3) is 0.200. The van der Waals surface area contributed by atoms with E-state index in [9.17, 15) is 0 Å². The molecule has 2 rings (SSSR count). The zero-order valence-corrected chi connectivity index (χ0v) is 6.59. The third-order valence-electron chi connectivity index (χ3n) is 2.05. The van der Waals surface area contributed by atoms with Crippen molar-refractivity contribution in [1.29, 1.82) is 0 Å². The summed E-state index contributed by atoms with van der Waals surface area (Å²) in [5.41, 5.74) is 1.42. The Morgan fingerprint density at radius 1 is 1.27 bits per heavy atom. The van der Waals surface area contributed by atoms with Gasteiger partial charge in [-0.15, -0.1) is 0 Å². The van der Waals surface area contributed by atoms with E-state index in [1.807, 2.05) is 0 Å². The molecule has 0 saturated heterocycles. The minimum atomic E-state index is 0.983. The van der Waals surface area contributed by atoms with Gasteiger partial charge in [-0.3, -0.25) is 0 Å². The fourth-order valence-corrected chi connectivity index (χ4v) is 1.42. The highest BCUT2D eigenvalue weighted by atomic mass is 14.8. The molecule has 0 radical (unpaired) electrons. The molecule has 0 saturated carbocycles. The minimum absolute atomic E-state index is 0.983. The molecular weight excluding hydrogens is 134 g/mol. The van der Waals surface area contributed by atoms with E-state index in [1.165, 1.54) is 16.0 Å². The summed E-state index contributed by atoms with van der Waals surface area (Å²) in [6.45, 7) is 3.15. The second-order valence-corrected chi connectivity index (χ2v) is 2.89. The lowest BCUT2D eigenvalue weighted by Crippen LogP contribution is -2.35. The molecular formula is C10H11N. The van der Waals surface area contributed by atoms with Crippen molar-refractivity contribution in [3.63, 3.8) is 0 Å². The summed E-state index contributed by atoms with van der Waals surface area (Å²) in [7, 11) is 0. The van der Waals surface area contributed by atoms with E-state index in [-0.39, 0.29) is 0 Å². The Hall–Kier alpha value is -1.24. The first-order chi connectivity index (χ1) is 5.38. The Labute approximate surface area is 66.1 Å². The SMILES string of the molecule is CC1=c2ccccc2=CNC1. The molecule has 11 heavy (non-hydrogen) atoms. The molecule has 56 valence electrons. The molecule has 1 N–H and O–H groups in total. The van der Waals surface area contributed by atoms with Crippen molar-refractivity contribution >= 4 is 11.8 Å². The zero-order valence-electron chi connectivity index (χ0n) is 6.59. The number of hydrogen-bond donors (Lipinski definition) is 1. The lowest BCUT2D eigenvalue weighted by Gasteiger charge is -2.07. The molecule has 0 atom stereocenters. The van der Waals surface area contributed by atoms with Crippen molar-refractivity contribution in [1.82, 2.24) is 5.32 Å². The molecule has 0 fully saturated rings.